The molecular formula is C25H23ClF2O. The van der Waals surface area contributed by atoms with Crippen molar-refractivity contribution in [1.29, 1.82) is 0 Å². The number of rotatable bonds is 7. The van der Waals surface area contributed by atoms with Gasteiger partial charge in [-0.15, -0.1) is 0 Å². The normalized spacial score (nSPS) is 13.2. The lowest BCUT2D eigenvalue weighted by Crippen LogP contribution is -2.09. The van der Waals surface area contributed by atoms with Crippen molar-refractivity contribution in [3.63, 3.8) is 0 Å². The third-order valence-electron chi connectivity index (χ3n) is 4.66. The Morgan fingerprint density at radius 3 is 2.17 bits per heavy atom. The SMILES string of the molecule is CC(C)C(C(F)=C(F)Cc1cccc(Oc2ccccc2)c1)c1ccc(Cl)cc1. The fourth-order valence-electron chi connectivity index (χ4n) is 3.27. The standard InChI is InChI=1S/C25H23ClF2O/c1-17(2)24(19-11-13-20(26)14-12-19)25(28)23(27)16-18-7-6-10-22(15-18)29-21-8-4-3-5-9-21/h3-15,17,24H,16H2,1-2H3. The molecule has 3 aromatic rings. The Labute approximate surface area is 175 Å². The number of hydrogen-bond acceptors (Lipinski definition) is 1. The van der Waals surface area contributed by atoms with Gasteiger partial charge in [-0.05, 0) is 53.4 Å². The number of allylic oxidation sites excluding steroid dienone is 2. The second-order valence-electron chi connectivity index (χ2n) is 7.27. The van der Waals surface area contributed by atoms with Gasteiger partial charge < -0.3 is 4.74 Å². The fourth-order valence-corrected chi connectivity index (χ4v) is 3.40. The highest BCUT2D eigenvalue weighted by atomic mass is 35.5. The summed E-state index contributed by atoms with van der Waals surface area (Å²) in [5.41, 5.74) is 1.35. The quantitative estimate of drug-likeness (QED) is 0.379. The first-order valence-corrected chi connectivity index (χ1v) is 9.93. The van der Waals surface area contributed by atoms with Crippen LogP contribution in [0.3, 0.4) is 0 Å². The van der Waals surface area contributed by atoms with Crippen molar-refractivity contribution >= 4 is 11.6 Å². The van der Waals surface area contributed by atoms with Crippen LogP contribution in [0.2, 0.25) is 5.02 Å². The van der Waals surface area contributed by atoms with E-state index in [1.165, 1.54) is 0 Å². The van der Waals surface area contributed by atoms with Crippen molar-refractivity contribution in [3.8, 4) is 11.5 Å². The van der Waals surface area contributed by atoms with E-state index in [1.54, 1.807) is 48.5 Å². The summed E-state index contributed by atoms with van der Waals surface area (Å²) < 4.78 is 35.7. The third kappa shape index (κ3) is 5.68. The smallest absolute Gasteiger partial charge is 0.139 e. The molecule has 0 radical (unpaired) electrons. The summed E-state index contributed by atoms with van der Waals surface area (Å²) >= 11 is 5.93. The van der Waals surface area contributed by atoms with Gasteiger partial charge >= 0.3 is 0 Å². The van der Waals surface area contributed by atoms with Gasteiger partial charge in [0.15, 0.2) is 0 Å². The highest BCUT2D eigenvalue weighted by Crippen LogP contribution is 2.36. The van der Waals surface area contributed by atoms with E-state index in [0.717, 1.165) is 0 Å². The predicted molar refractivity (Wildman–Crippen MR) is 115 cm³/mol. The molecule has 0 saturated carbocycles. The van der Waals surface area contributed by atoms with Crippen LogP contribution in [0, 0.1) is 5.92 Å². The van der Waals surface area contributed by atoms with Crippen molar-refractivity contribution < 1.29 is 13.5 Å². The Bertz CT molecular complexity index is 966. The summed E-state index contributed by atoms with van der Waals surface area (Å²) in [6.07, 6.45) is -0.130. The highest BCUT2D eigenvalue weighted by molar-refractivity contribution is 6.30. The van der Waals surface area contributed by atoms with Crippen molar-refractivity contribution in [2.75, 3.05) is 0 Å². The molecule has 0 fully saturated rings. The molecule has 3 rings (SSSR count). The monoisotopic (exact) mass is 412 g/mol. The van der Waals surface area contributed by atoms with E-state index < -0.39 is 17.6 Å². The minimum atomic E-state index is -0.768. The van der Waals surface area contributed by atoms with Crippen LogP contribution < -0.4 is 4.74 Å². The van der Waals surface area contributed by atoms with Gasteiger partial charge in [0.05, 0.1) is 0 Å². The van der Waals surface area contributed by atoms with Crippen LogP contribution in [-0.2, 0) is 6.42 Å². The molecule has 0 aromatic heterocycles. The van der Waals surface area contributed by atoms with Gasteiger partial charge in [0.1, 0.15) is 23.2 Å². The number of benzene rings is 3. The molecule has 0 aliphatic carbocycles. The van der Waals surface area contributed by atoms with E-state index in [4.69, 9.17) is 16.3 Å². The lowest BCUT2D eigenvalue weighted by atomic mass is 9.86. The van der Waals surface area contributed by atoms with Gasteiger partial charge in [-0.2, -0.15) is 0 Å². The Balaban J connectivity index is 1.81. The zero-order valence-corrected chi connectivity index (χ0v) is 17.2. The Morgan fingerprint density at radius 2 is 1.52 bits per heavy atom. The summed E-state index contributed by atoms with van der Waals surface area (Å²) in [7, 11) is 0. The summed E-state index contributed by atoms with van der Waals surface area (Å²) in [5.74, 6) is -0.993. The van der Waals surface area contributed by atoms with Crippen molar-refractivity contribution in [3.05, 3.63) is 107 Å². The number of ether oxygens (including phenoxy) is 1. The Kier molecular flexibility index (Phi) is 7.05. The average molecular weight is 413 g/mol. The predicted octanol–water partition coefficient (Wildman–Crippen LogP) is 8.27. The minimum Gasteiger partial charge on any atom is -0.457 e. The van der Waals surface area contributed by atoms with Crippen molar-refractivity contribution in [2.45, 2.75) is 26.2 Å². The largest absolute Gasteiger partial charge is 0.457 e. The Morgan fingerprint density at radius 1 is 0.862 bits per heavy atom. The lowest BCUT2D eigenvalue weighted by Gasteiger charge is -2.20. The van der Waals surface area contributed by atoms with Crippen LogP contribution in [0.5, 0.6) is 11.5 Å². The molecule has 29 heavy (non-hydrogen) atoms. The molecule has 0 aliphatic rings. The van der Waals surface area contributed by atoms with Gasteiger partial charge in [-0.25, -0.2) is 8.78 Å². The molecule has 4 heteroatoms. The number of hydrogen-bond donors (Lipinski definition) is 0. The van der Waals surface area contributed by atoms with Crippen LogP contribution in [0.4, 0.5) is 8.78 Å². The van der Waals surface area contributed by atoms with E-state index in [-0.39, 0.29) is 12.3 Å². The molecule has 150 valence electrons. The molecule has 3 aromatic carbocycles. The van der Waals surface area contributed by atoms with Gasteiger partial charge in [0.2, 0.25) is 0 Å². The van der Waals surface area contributed by atoms with E-state index in [2.05, 4.69) is 0 Å². The van der Waals surface area contributed by atoms with Gasteiger partial charge in [0.25, 0.3) is 0 Å². The average Bonchev–Trinajstić information content (AvgIpc) is 2.70. The molecular weight excluding hydrogens is 390 g/mol. The molecule has 1 unspecified atom stereocenters. The lowest BCUT2D eigenvalue weighted by molar-refractivity contribution is 0.415. The maximum absolute atomic E-state index is 15.1. The zero-order chi connectivity index (χ0) is 20.8. The van der Waals surface area contributed by atoms with E-state index in [0.29, 0.717) is 27.6 Å². The van der Waals surface area contributed by atoms with Crippen LogP contribution >= 0.6 is 11.6 Å². The molecule has 0 spiro atoms. The highest BCUT2D eigenvalue weighted by Gasteiger charge is 2.24. The summed E-state index contributed by atoms with van der Waals surface area (Å²) in [5, 5.41) is 0.566. The Hall–Kier alpha value is -2.65. The first-order chi connectivity index (χ1) is 13.9. The first kappa shape index (κ1) is 21.1. The van der Waals surface area contributed by atoms with Gasteiger partial charge in [0, 0.05) is 17.4 Å². The molecule has 0 amide bonds. The van der Waals surface area contributed by atoms with Crippen molar-refractivity contribution in [1.82, 2.24) is 0 Å². The zero-order valence-electron chi connectivity index (χ0n) is 16.4. The van der Waals surface area contributed by atoms with Gasteiger partial charge in [-0.3, -0.25) is 0 Å². The van der Waals surface area contributed by atoms with Gasteiger partial charge in [-0.1, -0.05) is 67.9 Å². The maximum atomic E-state index is 15.1. The number of halogens is 3. The summed E-state index contributed by atoms with van der Waals surface area (Å²) in [6.45, 7) is 3.75. The first-order valence-electron chi connectivity index (χ1n) is 9.55. The van der Waals surface area contributed by atoms with Crippen LogP contribution in [-0.4, -0.2) is 0 Å². The molecule has 0 N–H and O–H groups in total. The van der Waals surface area contributed by atoms with E-state index in [1.807, 2.05) is 44.2 Å². The molecule has 1 atom stereocenters. The second kappa shape index (κ2) is 9.71. The van der Waals surface area contributed by atoms with Crippen molar-refractivity contribution in [2.24, 2.45) is 5.92 Å². The maximum Gasteiger partial charge on any atom is 0.139 e. The second-order valence-corrected chi connectivity index (χ2v) is 7.70. The fraction of sp³-hybridized carbons (Fsp3) is 0.200. The molecule has 1 nitrogen and oxygen atoms in total. The van der Waals surface area contributed by atoms with E-state index >= 15 is 4.39 Å². The molecule has 0 heterocycles. The van der Waals surface area contributed by atoms with Crippen LogP contribution in [0.1, 0.15) is 30.9 Å². The minimum absolute atomic E-state index is 0.102. The summed E-state index contributed by atoms with van der Waals surface area (Å²) in [4.78, 5) is 0. The topological polar surface area (TPSA) is 9.23 Å². The van der Waals surface area contributed by atoms with Crippen LogP contribution in [0.15, 0.2) is 90.5 Å². The molecule has 0 aliphatic heterocycles. The summed E-state index contributed by atoms with van der Waals surface area (Å²) in [6, 6.07) is 23.3. The molecule has 0 bridgehead atoms. The third-order valence-corrected chi connectivity index (χ3v) is 4.92. The van der Waals surface area contributed by atoms with Crippen LogP contribution in [0.25, 0.3) is 0 Å². The van der Waals surface area contributed by atoms with E-state index in [9.17, 15) is 4.39 Å². The number of para-hydroxylation sites is 1. The molecule has 0 saturated heterocycles.